The smallest absolute Gasteiger partial charge is 0.133 e. The Labute approximate surface area is 140 Å². The van der Waals surface area contributed by atoms with Crippen LogP contribution in [0.3, 0.4) is 0 Å². The highest BCUT2D eigenvalue weighted by Gasteiger charge is 2.33. The van der Waals surface area contributed by atoms with Crippen LogP contribution in [0.5, 0.6) is 0 Å². The lowest BCUT2D eigenvalue weighted by molar-refractivity contribution is 0.0429. The summed E-state index contributed by atoms with van der Waals surface area (Å²) in [7, 11) is 0. The predicted octanol–water partition coefficient (Wildman–Crippen LogP) is 3.83. The van der Waals surface area contributed by atoms with E-state index in [-0.39, 0.29) is 0 Å². The van der Waals surface area contributed by atoms with Crippen molar-refractivity contribution in [2.24, 2.45) is 0 Å². The van der Waals surface area contributed by atoms with Crippen molar-refractivity contribution in [3.63, 3.8) is 0 Å². The van der Waals surface area contributed by atoms with E-state index in [1.807, 2.05) is 48.5 Å². The first kappa shape index (κ1) is 17.6. The van der Waals surface area contributed by atoms with E-state index in [0.717, 1.165) is 12.1 Å². The summed E-state index contributed by atoms with van der Waals surface area (Å²) in [5.74, 6) is 0. The molecule has 0 unspecified atom stereocenters. The second kappa shape index (κ2) is 7.71. The number of aromatic nitrogens is 1. The molecule has 3 heteroatoms. The van der Waals surface area contributed by atoms with E-state index in [0.29, 0.717) is 24.2 Å². The summed E-state index contributed by atoms with van der Waals surface area (Å²) < 4.78 is 0. The molecule has 1 atom stereocenters. The average molecular weight is 312 g/mol. The number of pyridine rings is 1. The number of aliphatic hydroxyl groups is 1. The molecule has 0 fully saturated rings. The summed E-state index contributed by atoms with van der Waals surface area (Å²) in [6.07, 6.45) is 2.36. The van der Waals surface area contributed by atoms with Crippen LogP contribution < -0.4 is 0 Å². The van der Waals surface area contributed by atoms with Crippen molar-refractivity contribution in [3.05, 3.63) is 66.0 Å². The fourth-order valence-electron chi connectivity index (χ4n) is 3.15. The summed E-state index contributed by atoms with van der Waals surface area (Å²) in [4.78, 5) is 6.83. The Morgan fingerprint density at radius 1 is 0.957 bits per heavy atom. The third-order valence-electron chi connectivity index (χ3n) is 4.40. The predicted molar refractivity (Wildman–Crippen MR) is 95.3 cm³/mol. The van der Waals surface area contributed by atoms with E-state index < -0.39 is 5.60 Å². The molecular formula is C20H28N2O. The van der Waals surface area contributed by atoms with Crippen molar-refractivity contribution >= 4 is 0 Å². The quantitative estimate of drug-likeness (QED) is 0.844. The summed E-state index contributed by atoms with van der Waals surface area (Å²) >= 11 is 0. The van der Waals surface area contributed by atoms with Crippen LogP contribution in [-0.4, -0.2) is 33.6 Å². The number of nitrogens with zero attached hydrogens (tertiary/aromatic N) is 2. The van der Waals surface area contributed by atoms with Gasteiger partial charge >= 0.3 is 0 Å². The Morgan fingerprint density at radius 3 is 2.09 bits per heavy atom. The van der Waals surface area contributed by atoms with E-state index in [1.165, 1.54) is 0 Å². The van der Waals surface area contributed by atoms with Gasteiger partial charge in [-0.15, -0.1) is 0 Å². The monoisotopic (exact) mass is 312 g/mol. The Hall–Kier alpha value is -1.71. The molecule has 124 valence electrons. The lowest BCUT2D eigenvalue weighted by Crippen LogP contribution is -2.41. The fourth-order valence-corrected chi connectivity index (χ4v) is 3.15. The molecule has 0 aliphatic rings. The highest BCUT2D eigenvalue weighted by Crippen LogP contribution is 2.32. The molecule has 0 spiro atoms. The van der Waals surface area contributed by atoms with Gasteiger partial charge in [-0.05, 0) is 51.8 Å². The largest absolute Gasteiger partial charge is 0.379 e. The van der Waals surface area contributed by atoms with E-state index in [1.54, 1.807) is 6.20 Å². The van der Waals surface area contributed by atoms with Gasteiger partial charge < -0.3 is 5.11 Å². The Balaban J connectivity index is 2.32. The Morgan fingerprint density at radius 2 is 1.57 bits per heavy atom. The lowest BCUT2D eigenvalue weighted by Gasteiger charge is -2.35. The van der Waals surface area contributed by atoms with Crippen LogP contribution in [0, 0.1) is 0 Å². The molecule has 1 aromatic heterocycles. The van der Waals surface area contributed by atoms with Crippen LogP contribution in [-0.2, 0) is 5.60 Å². The van der Waals surface area contributed by atoms with Crippen molar-refractivity contribution in [3.8, 4) is 0 Å². The highest BCUT2D eigenvalue weighted by molar-refractivity contribution is 5.32. The normalized spacial score (nSPS) is 14.4. The van der Waals surface area contributed by atoms with E-state index >= 15 is 0 Å². The van der Waals surface area contributed by atoms with Gasteiger partial charge in [-0.1, -0.05) is 36.4 Å². The maximum Gasteiger partial charge on any atom is 0.133 e. The molecule has 1 N–H and O–H groups in total. The van der Waals surface area contributed by atoms with Crippen LogP contribution in [0.2, 0.25) is 0 Å². The lowest BCUT2D eigenvalue weighted by atomic mass is 9.86. The second-order valence-electron chi connectivity index (χ2n) is 6.62. The zero-order chi connectivity index (χ0) is 16.9. The molecule has 0 saturated carbocycles. The van der Waals surface area contributed by atoms with Crippen LogP contribution in [0.15, 0.2) is 54.7 Å². The number of benzene rings is 1. The van der Waals surface area contributed by atoms with Gasteiger partial charge in [0.25, 0.3) is 0 Å². The van der Waals surface area contributed by atoms with Gasteiger partial charge in [0.2, 0.25) is 0 Å². The highest BCUT2D eigenvalue weighted by atomic mass is 16.3. The molecule has 1 aromatic carbocycles. The molecule has 0 aliphatic heterocycles. The molecule has 0 radical (unpaired) electrons. The first-order valence-corrected chi connectivity index (χ1v) is 8.40. The van der Waals surface area contributed by atoms with Crippen molar-refractivity contribution < 1.29 is 5.11 Å². The van der Waals surface area contributed by atoms with E-state index in [2.05, 4.69) is 37.6 Å². The zero-order valence-corrected chi connectivity index (χ0v) is 14.6. The van der Waals surface area contributed by atoms with Crippen molar-refractivity contribution in [2.45, 2.75) is 51.8 Å². The molecule has 0 bridgehead atoms. The molecule has 0 saturated heterocycles. The standard InChI is InChI=1S/C20H28N2O/c1-16(2)22(17(3)4)15-13-20(23,18-10-6-5-7-11-18)19-12-8-9-14-21-19/h5-12,14,16-17,23H,13,15H2,1-4H3/t20-/m0/s1. The molecule has 23 heavy (non-hydrogen) atoms. The van der Waals surface area contributed by atoms with Crippen LogP contribution >= 0.6 is 0 Å². The maximum atomic E-state index is 11.5. The first-order chi connectivity index (χ1) is 10.9. The van der Waals surface area contributed by atoms with Gasteiger partial charge in [0, 0.05) is 24.8 Å². The second-order valence-corrected chi connectivity index (χ2v) is 6.62. The van der Waals surface area contributed by atoms with Gasteiger partial charge in [0.05, 0.1) is 5.69 Å². The SMILES string of the molecule is CC(C)N(CC[C@](O)(c1ccccc1)c1ccccn1)C(C)C. The average Bonchev–Trinajstić information content (AvgIpc) is 2.55. The van der Waals surface area contributed by atoms with Crippen molar-refractivity contribution in [1.82, 2.24) is 9.88 Å². The molecule has 1 heterocycles. The summed E-state index contributed by atoms with van der Waals surface area (Å²) in [6, 6.07) is 16.4. The van der Waals surface area contributed by atoms with Crippen molar-refractivity contribution in [2.75, 3.05) is 6.54 Å². The Bertz CT molecular complexity index is 534. The molecule has 2 rings (SSSR count). The Kier molecular flexibility index (Phi) is 5.91. The number of hydrogen-bond acceptors (Lipinski definition) is 3. The van der Waals surface area contributed by atoms with E-state index in [9.17, 15) is 5.11 Å². The number of hydrogen-bond donors (Lipinski definition) is 1. The summed E-state index contributed by atoms with van der Waals surface area (Å²) in [6.45, 7) is 9.60. The fraction of sp³-hybridized carbons (Fsp3) is 0.450. The van der Waals surface area contributed by atoms with Crippen LogP contribution in [0.25, 0.3) is 0 Å². The number of rotatable bonds is 7. The molecule has 0 amide bonds. The third-order valence-corrected chi connectivity index (χ3v) is 4.40. The van der Waals surface area contributed by atoms with Gasteiger partial charge in [-0.25, -0.2) is 0 Å². The molecule has 2 aromatic rings. The van der Waals surface area contributed by atoms with Crippen molar-refractivity contribution in [1.29, 1.82) is 0 Å². The summed E-state index contributed by atoms with van der Waals surface area (Å²) in [5, 5.41) is 11.5. The minimum atomic E-state index is -1.06. The molecule has 3 nitrogen and oxygen atoms in total. The van der Waals surface area contributed by atoms with Gasteiger partial charge in [-0.3, -0.25) is 9.88 Å². The van der Waals surface area contributed by atoms with Crippen LogP contribution in [0.1, 0.15) is 45.4 Å². The first-order valence-electron chi connectivity index (χ1n) is 8.40. The topological polar surface area (TPSA) is 36.4 Å². The maximum absolute atomic E-state index is 11.5. The zero-order valence-electron chi connectivity index (χ0n) is 14.6. The van der Waals surface area contributed by atoms with Gasteiger partial charge in [0.15, 0.2) is 0 Å². The van der Waals surface area contributed by atoms with Crippen LogP contribution in [0.4, 0.5) is 0 Å². The third kappa shape index (κ3) is 4.18. The minimum absolute atomic E-state index is 0.443. The minimum Gasteiger partial charge on any atom is -0.379 e. The molecular weight excluding hydrogens is 284 g/mol. The van der Waals surface area contributed by atoms with Gasteiger partial charge in [0.1, 0.15) is 5.60 Å². The van der Waals surface area contributed by atoms with E-state index in [4.69, 9.17) is 0 Å². The molecule has 0 aliphatic carbocycles. The summed E-state index contributed by atoms with van der Waals surface area (Å²) in [5.41, 5.74) is 0.537. The van der Waals surface area contributed by atoms with Gasteiger partial charge in [-0.2, -0.15) is 0 Å².